The molecule has 34 heavy (non-hydrogen) atoms. The van der Waals surface area contributed by atoms with Crippen molar-refractivity contribution in [2.24, 2.45) is 0 Å². The number of ether oxygens (including phenoxy) is 2. The smallest absolute Gasteiger partial charge is 0.243 e. The van der Waals surface area contributed by atoms with Gasteiger partial charge in [0.2, 0.25) is 21.6 Å². The lowest BCUT2D eigenvalue weighted by molar-refractivity contribution is 0.0160. The molecule has 3 aromatic rings. The van der Waals surface area contributed by atoms with Crippen LogP contribution in [-0.4, -0.2) is 80.2 Å². The van der Waals surface area contributed by atoms with Gasteiger partial charge in [-0.3, -0.25) is 0 Å². The van der Waals surface area contributed by atoms with Crippen LogP contribution in [0.25, 0.3) is 16.9 Å². The third-order valence-electron chi connectivity index (χ3n) is 5.61. The SMILES string of the molecule is CCOC(C)n1cc(-c2ncn3nc(NC4CCN(S(C)(=O)=O)CC4)nc3c2OC(C)C)cn1. The average molecular weight is 493 g/mol. The van der Waals surface area contributed by atoms with Gasteiger partial charge in [0.25, 0.3) is 0 Å². The standard InChI is InChI=1S/C21H32N8O4S/c1-6-32-15(4)28-12-16(11-23-28)18-19(33-14(2)3)20-25-21(26-29(20)13-22-18)24-17-7-9-27(10-8-17)34(5,30)31/h11-15,17H,6-10H2,1-5H3,(H,24,26). The van der Waals surface area contributed by atoms with Gasteiger partial charge in [-0.1, -0.05) is 0 Å². The van der Waals surface area contributed by atoms with Gasteiger partial charge in [-0.2, -0.15) is 14.6 Å². The molecular weight excluding hydrogens is 460 g/mol. The van der Waals surface area contributed by atoms with Crippen LogP contribution in [0.5, 0.6) is 5.75 Å². The number of sulfonamides is 1. The number of piperidine rings is 1. The average Bonchev–Trinajstić information content (AvgIpc) is 3.41. The van der Waals surface area contributed by atoms with Crippen molar-refractivity contribution in [2.45, 2.75) is 58.9 Å². The van der Waals surface area contributed by atoms with Crippen LogP contribution in [0.3, 0.4) is 0 Å². The van der Waals surface area contributed by atoms with Gasteiger partial charge in [0.05, 0.1) is 18.6 Å². The first-order chi connectivity index (χ1) is 16.2. The van der Waals surface area contributed by atoms with Crippen LogP contribution in [0.15, 0.2) is 18.7 Å². The van der Waals surface area contributed by atoms with Crippen LogP contribution in [0, 0.1) is 0 Å². The summed E-state index contributed by atoms with van der Waals surface area (Å²) in [6, 6.07) is 0.0793. The summed E-state index contributed by atoms with van der Waals surface area (Å²) in [5.41, 5.74) is 1.95. The molecular formula is C21H32N8O4S. The second-order valence-corrected chi connectivity index (χ2v) is 10.6. The molecule has 186 valence electrons. The first-order valence-electron chi connectivity index (χ1n) is 11.5. The van der Waals surface area contributed by atoms with Crippen LogP contribution < -0.4 is 10.1 Å². The molecule has 1 unspecified atom stereocenters. The fourth-order valence-electron chi connectivity index (χ4n) is 3.94. The maximum absolute atomic E-state index is 11.8. The predicted octanol–water partition coefficient (Wildman–Crippen LogP) is 2.17. The van der Waals surface area contributed by atoms with E-state index in [2.05, 4.69) is 25.5 Å². The van der Waals surface area contributed by atoms with Gasteiger partial charge in [0, 0.05) is 37.5 Å². The van der Waals surface area contributed by atoms with E-state index in [1.165, 1.54) is 10.6 Å². The van der Waals surface area contributed by atoms with Crippen molar-refractivity contribution in [3.05, 3.63) is 18.7 Å². The number of anilines is 1. The van der Waals surface area contributed by atoms with E-state index in [0.717, 1.165) is 5.56 Å². The Balaban J connectivity index is 1.60. The Hall–Kier alpha value is -2.77. The Morgan fingerprint density at radius 3 is 2.62 bits per heavy atom. The Labute approximate surface area is 199 Å². The number of nitrogens with zero attached hydrogens (tertiary/aromatic N) is 7. The fourth-order valence-corrected chi connectivity index (χ4v) is 4.81. The quantitative estimate of drug-likeness (QED) is 0.478. The van der Waals surface area contributed by atoms with Crippen LogP contribution in [-0.2, 0) is 14.8 Å². The second-order valence-electron chi connectivity index (χ2n) is 8.64. The summed E-state index contributed by atoms with van der Waals surface area (Å²) in [5, 5.41) is 12.3. The third kappa shape index (κ3) is 5.31. The lowest BCUT2D eigenvalue weighted by Gasteiger charge is -2.30. The van der Waals surface area contributed by atoms with E-state index in [0.29, 0.717) is 55.6 Å². The first kappa shape index (κ1) is 24.4. The van der Waals surface area contributed by atoms with Crippen molar-refractivity contribution >= 4 is 21.6 Å². The minimum absolute atomic E-state index is 0.0793. The van der Waals surface area contributed by atoms with E-state index in [1.54, 1.807) is 21.7 Å². The minimum atomic E-state index is -3.17. The fraction of sp³-hybridized carbons (Fsp3) is 0.619. The Bertz CT molecular complexity index is 1230. The molecule has 1 saturated heterocycles. The molecule has 4 heterocycles. The van der Waals surface area contributed by atoms with Crippen molar-refractivity contribution in [1.29, 1.82) is 0 Å². The predicted molar refractivity (Wildman–Crippen MR) is 127 cm³/mol. The normalized spacial score (nSPS) is 16.9. The number of rotatable bonds is 9. The molecule has 0 spiro atoms. The van der Waals surface area contributed by atoms with Gasteiger partial charge in [-0.25, -0.2) is 22.4 Å². The van der Waals surface area contributed by atoms with E-state index >= 15 is 0 Å². The van der Waals surface area contributed by atoms with Crippen LogP contribution in [0.1, 0.15) is 46.8 Å². The summed E-state index contributed by atoms with van der Waals surface area (Å²) in [4.78, 5) is 9.26. The molecule has 0 amide bonds. The maximum atomic E-state index is 11.8. The maximum Gasteiger partial charge on any atom is 0.243 e. The third-order valence-corrected chi connectivity index (χ3v) is 6.91. The minimum Gasteiger partial charge on any atom is -0.485 e. The zero-order valence-corrected chi connectivity index (χ0v) is 21.0. The largest absolute Gasteiger partial charge is 0.485 e. The summed E-state index contributed by atoms with van der Waals surface area (Å²) >= 11 is 0. The van der Waals surface area contributed by atoms with Crippen LogP contribution in [0.4, 0.5) is 5.95 Å². The van der Waals surface area contributed by atoms with Gasteiger partial charge in [0.15, 0.2) is 5.75 Å². The van der Waals surface area contributed by atoms with Crippen molar-refractivity contribution in [1.82, 2.24) is 33.7 Å². The molecule has 1 atom stereocenters. The summed E-state index contributed by atoms with van der Waals surface area (Å²) in [5.74, 6) is 0.972. The Morgan fingerprint density at radius 1 is 1.24 bits per heavy atom. The molecule has 1 aliphatic heterocycles. The number of hydrogen-bond donors (Lipinski definition) is 1. The zero-order chi connectivity index (χ0) is 24.5. The zero-order valence-electron chi connectivity index (χ0n) is 20.2. The molecule has 3 aromatic heterocycles. The molecule has 13 heteroatoms. The number of fused-ring (bicyclic) bond motifs is 1. The van der Waals surface area contributed by atoms with Gasteiger partial charge in [0.1, 0.15) is 18.2 Å². The Morgan fingerprint density at radius 2 is 1.97 bits per heavy atom. The monoisotopic (exact) mass is 492 g/mol. The molecule has 4 rings (SSSR count). The molecule has 1 aliphatic rings. The highest BCUT2D eigenvalue weighted by Crippen LogP contribution is 2.33. The highest BCUT2D eigenvalue weighted by molar-refractivity contribution is 7.88. The van der Waals surface area contributed by atoms with Crippen molar-refractivity contribution in [3.63, 3.8) is 0 Å². The number of hydrogen-bond acceptors (Lipinski definition) is 9. The summed E-state index contributed by atoms with van der Waals surface area (Å²) in [6.45, 7) is 9.29. The summed E-state index contributed by atoms with van der Waals surface area (Å²) < 4.78 is 40.1. The summed E-state index contributed by atoms with van der Waals surface area (Å²) in [7, 11) is -3.17. The van der Waals surface area contributed by atoms with E-state index < -0.39 is 10.0 Å². The molecule has 0 aliphatic carbocycles. The van der Waals surface area contributed by atoms with Crippen molar-refractivity contribution in [2.75, 3.05) is 31.3 Å². The van der Waals surface area contributed by atoms with Gasteiger partial charge in [-0.05, 0) is 40.5 Å². The molecule has 12 nitrogen and oxygen atoms in total. The van der Waals surface area contributed by atoms with Crippen LogP contribution >= 0.6 is 0 Å². The van der Waals surface area contributed by atoms with E-state index in [4.69, 9.17) is 9.47 Å². The molecule has 1 fully saturated rings. The first-order valence-corrected chi connectivity index (χ1v) is 13.3. The number of nitrogens with one attached hydrogen (secondary N) is 1. The molecule has 0 aromatic carbocycles. The number of aromatic nitrogens is 6. The second kappa shape index (κ2) is 9.84. The lowest BCUT2D eigenvalue weighted by Crippen LogP contribution is -2.41. The van der Waals surface area contributed by atoms with E-state index in [9.17, 15) is 8.42 Å². The van der Waals surface area contributed by atoms with Gasteiger partial charge in [-0.15, -0.1) is 5.10 Å². The van der Waals surface area contributed by atoms with Crippen LogP contribution in [0.2, 0.25) is 0 Å². The van der Waals surface area contributed by atoms with Gasteiger partial charge < -0.3 is 14.8 Å². The topological polar surface area (TPSA) is 129 Å². The van der Waals surface area contributed by atoms with E-state index in [1.807, 2.05) is 33.9 Å². The van der Waals surface area contributed by atoms with E-state index in [-0.39, 0.29) is 18.4 Å². The lowest BCUT2D eigenvalue weighted by atomic mass is 10.1. The highest BCUT2D eigenvalue weighted by Gasteiger charge is 2.26. The molecule has 0 bridgehead atoms. The van der Waals surface area contributed by atoms with Crippen molar-refractivity contribution in [3.8, 4) is 17.0 Å². The van der Waals surface area contributed by atoms with Crippen molar-refractivity contribution < 1.29 is 17.9 Å². The summed E-state index contributed by atoms with van der Waals surface area (Å²) in [6.07, 6.45) is 7.51. The van der Waals surface area contributed by atoms with Gasteiger partial charge >= 0.3 is 0 Å². The Kier molecular flexibility index (Phi) is 7.05. The highest BCUT2D eigenvalue weighted by atomic mass is 32.2. The molecule has 0 saturated carbocycles. The molecule has 0 radical (unpaired) electrons. The molecule has 1 N–H and O–H groups in total.